The second-order valence-corrected chi connectivity index (χ2v) is 8.27. The lowest BCUT2D eigenvalue weighted by Gasteiger charge is -2.36. The van der Waals surface area contributed by atoms with Crippen LogP contribution in [0.1, 0.15) is 23.6 Å². The lowest BCUT2D eigenvalue weighted by atomic mass is 9.94. The second-order valence-electron chi connectivity index (χ2n) is 7.49. The Labute approximate surface area is 159 Å². The van der Waals surface area contributed by atoms with Crippen molar-refractivity contribution >= 4 is 17.4 Å². The summed E-state index contributed by atoms with van der Waals surface area (Å²) in [7, 11) is 4.09. The van der Waals surface area contributed by atoms with E-state index in [1.807, 2.05) is 33.2 Å². The first-order chi connectivity index (χ1) is 12.4. The lowest BCUT2D eigenvalue weighted by Crippen LogP contribution is -2.55. The van der Waals surface area contributed by atoms with Crippen LogP contribution in [0.25, 0.3) is 0 Å². The number of fused-ring (bicyclic) bond motifs is 1. The summed E-state index contributed by atoms with van der Waals surface area (Å²) in [6, 6.07) is 7.59. The predicted molar refractivity (Wildman–Crippen MR) is 106 cm³/mol. The zero-order valence-corrected chi connectivity index (χ0v) is 16.4. The fourth-order valence-electron chi connectivity index (χ4n) is 3.65. The van der Waals surface area contributed by atoms with Crippen LogP contribution in [-0.2, 0) is 19.3 Å². The van der Waals surface area contributed by atoms with Gasteiger partial charge in [0, 0.05) is 18.1 Å². The third-order valence-electron chi connectivity index (χ3n) is 5.26. The van der Waals surface area contributed by atoms with Crippen molar-refractivity contribution in [1.82, 2.24) is 15.5 Å². The molecular weight excluding hydrogens is 346 g/mol. The molecule has 0 aliphatic heterocycles. The topological polar surface area (TPSA) is 64.6 Å². The third kappa shape index (κ3) is 4.19. The molecule has 0 spiro atoms. The Kier molecular flexibility index (Phi) is 5.53. The number of thiophene rings is 1. The molecule has 0 fully saturated rings. The van der Waals surface area contributed by atoms with Gasteiger partial charge in [-0.2, -0.15) is 11.3 Å². The van der Waals surface area contributed by atoms with Crippen LogP contribution in [0.4, 0.5) is 4.79 Å². The largest absolute Gasteiger partial charge is 0.508 e. The van der Waals surface area contributed by atoms with Gasteiger partial charge in [-0.05, 0) is 85.9 Å². The van der Waals surface area contributed by atoms with E-state index in [0.717, 1.165) is 24.8 Å². The quantitative estimate of drug-likeness (QED) is 0.730. The average molecular weight is 374 g/mol. The fourth-order valence-corrected chi connectivity index (χ4v) is 4.33. The molecule has 0 saturated heterocycles. The molecule has 26 heavy (non-hydrogen) atoms. The van der Waals surface area contributed by atoms with Crippen molar-refractivity contribution in [2.45, 2.75) is 37.8 Å². The number of aromatic hydroxyl groups is 1. The number of nitrogens with zero attached hydrogens (tertiary/aromatic N) is 1. The maximum absolute atomic E-state index is 12.4. The van der Waals surface area contributed by atoms with Gasteiger partial charge in [0.15, 0.2) is 0 Å². The van der Waals surface area contributed by atoms with E-state index in [1.165, 1.54) is 11.1 Å². The van der Waals surface area contributed by atoms with E-state index in [4.69, 9.17) is 0 Å². The first-order valence-corrected chi connectivity index (χ1v) is 9.86. The molecule has 2 atom stereocenters. The summed E-state index contributed by atoms with van der Waals surface area (Å²) in [6.45, 7) is 2.58. The standard InChI is InChI=1S/C20H27N3O2S/c1-14(8-15-6-7-26-12-15)22-19(25)21-13-20(23(2)3)10-16-4-5-18(24)9-17(16)11-20/h4-7,9,12,14,24H,8,10-11,13H2,1-3H3,(H2,21,22,25)/t14-,20?/m1/s1. The Hall–Kier alpha value is -2.05. The molecule has 3 N–H and O–H groups in total. The van der Waals surface area contributed by atoms with Crippen LogP contribution in [0.5, 0.6) is 5.75 Å². The monoisotopic (exact) mass is 373 g/mol. The van der Waals surface area contributed by atoms with Gasteiger partial charge >= 0.3 is 6.03 Å². The normalized spacial score (nSPS) is 20.0. The molecule has 0 radical (unpaired) electrons. The number of carbonyl (C=O) groups is 1. The number of likely N-dealkylation sites (N-methyl/N-ethyl adjacent to an activating group) is 1. The van der Waals surface area contributed by atoms with E-state index in [-0.39, 0.29) is 17.6 Å². The molecule has 1 aliphatic carbocycles. The highest BCUT2D eigenvalue weighted by molar-refractivity contribution is 7.07. The number of amides is 2. The van der Waals surface area contributed by atoms with Gasteiger partial charge in [0.05, 0.1) is 0 Å². The van der Waals surface area contributed by atoms with Gasteiger partial charge in [0.2, 0.25) is 0 Å². The molecule has 2 aromatic rings. The summed E-state index contributed by atoms with van der Waals surface area (Å²) in [6.07, 6.45) is 2.51. The molecular formula is C20H27N3O2S. The molecule has 0 bridgehead atoms. The van der Waals surface area contributed by atoms with Crippen molar-refractivity contribution in [1.29, 1.82) is 0 Å². The molecule has 6 heteroatoms. The molecule has 1 aromatic carbocycles. The smallest absolute Gasteiger partial charge is 0.315 e. The molecule has 1 unspecified atom stereocenters. The van der Waals surface area contributed by atoms with Gasteiger partial charge < -0.3 is 20.6 Å². The van der Waals surface area contributed by atoms with Crippen LogP contribution in [0, 0.1) is 0 Å². The molecule has 2 amide bonds. The second kappa shape index (κ2) is 7.68. The molecule has 3 rings (SSSR count). The highest BCUT2D eigenvalue weighted by atomic mass is 32.1. The van der Waals surface area contributed by atoms with E-state index < -0.39 is 0 Å². The average Bonchev–Trinajstić information content (AvgIpc) is 3.20. The van der Waals surface area contributed by atoms with Crippen LogP contribution in [0.2, 0.25) is 0 Å². The summed E-state index contributed by atoms with van der Waals surface area (Å²) in [5.74, 6) is 0.297. The van der Waals surface area contributed by atoms with Crippen LogP contribution in [-0.4, -0.2) is 48.3 Å². The third-order valence-corrected chi connectivity index (χ3v) is 5.99. The number of phenols is 1. The minimum atomic E-state index is -0.163. The summed E-state index contributed by atoms with van der Waals surface area (Å²) in [5.41, 5.74) is 3.49. The Morgan fingerprint density at radius 3 is 2.77 bits per heavy atom. The first kappa shape index (κ1) is 18.7. The summed E-state index contributed by atoms with van der Waals surface area (Å²) < 4.78 is 0. The number of carbonyl (C=O) groups excluding carboxylic acids is 1. The fraction of sp³-hybridized carbons (Fsp3) is 0.450. The van der Waals surface area contributed by atoms with Gasteiger partial charge in [-0.1, -0.05) is 6.07 Å². The Morgan fingerprint density at radius 1 is 1.31 bits per heavy atom. The van der Waals surface area contributed by atoms with Crippen LogP contribution < -0.4 is 10.6 Å². The van der Waals surface area contributed by atoms with Crippen molar-refractivity contribution in [2.24, 2.45) is 0 Å². The van der Waals surface area contributed by atoms with Crippen molar-refractivity contribution in [3.05, 3.63) is 51.7 Å². The summed E-state index contributed by atoms with van der Waals surface area (Å²) >= 11 is 1.67. The SMILES string of the molecule is C[C@H](Cc1ccsc1)NC(=O)NCC1(N(C)C)Cc2ccc(O)cc2C1. The van der Waals surface area contributed by atoms with Crippen molar-refractivity contribution in [2.75, 3.05) is 20.6 Å². The Bertz CT molecular complexity index is 760. The van der Waals surface area contributed by atoms with Crippen molar-refractivity contribution in [3.63, 3.8) is 0 Å². The van der Waals surface area contributed by atoms with E-state index >= 15 is 0 Å². The van der Waals surface area contributed by atoms with Gasteiger partial charge in [0.1, 0.15) is 5.75 Å². The predicted octanol–water partition coefficient (Wildman–Crippen LogP) is 2.78. The number of urea groups is 1. The Balaban J connectivity index is 1.57. The van der Waals surface area contributed by atoms with E-state index in [1.54, 1.807) is 17.4 Å². The van der Waals surface area contributed by atoms with Crippen LogP contribution >= 0.6 is 11.3 Å². The molecule has 140 valence electrons. The minimum absolute atomic E-state index is 0.0811. The molecule has 5 nitrogen and oxygen atoms in total. The number of hydrogen-bond acceptors (Lipinski definition) is 4. The summed E-state index contributed by atoms with van der Waals surface area (Å²) in [5, 5.41) is 20.0. The zero-order valence-electron chi connectivity index (χ0n) is 15.6. The maximum atomic E-state index is 12.4. The zero-order chi connectivity index (χ0) is 18.7. The number of nitrogens with one attached hydrogen (secondary N) is 2. The first-order valence-electron chi connectivity index (χ1n) is 8.92. The Morgan fingerprint density at radius 2 is 2.08 bits per heavy atom. The number of phenolic OH excluding ortho intramolecular Hbond substituents is 1. The van der Waals surface area contributed by atoms with Crippen LogP contribution in [0.15, 0.2) is 35.0 Å². The van der Waals surface area contributed by atoms with Gasteiger partial charge in [0.25, 0.3) is 0 Å². The minimum Gasteiger partial charge on any atom is -0.508 e. The number of hydrogen-bond donors (Lipinski definition) is 3. The van der Waals surface area contributed by atoms with Gasteiger partial charge in [-0.15, -0.1) is 0 Å². The lowest BCUT2D eigenvalue weighted by molar-refractivity contribution is 0.157. The van der Waals surface area contributed by atoms with E-state index in [0.29, 0.717) is 12.3 Å². The number of benzene rings is 1. The molecule has 1 aliphatic rings. The summed E-state index contributed by atoms with van der Waals surface area (Å²) in [4.78, 5) is 14.5. The molecule has 0 saturated carbocycles. The van der Waals surface area contributed by atoms with Gasteiger partial charge in [-0.3, -0.25) is 0 Å². The number of rotatable bonds is 6. The van der Waals surface area contributed by atoms with E-state index in [2.05, 4.69) is 32.4 Å². The van der Waals surface area contributed by atoms with Crippen molar-refractivity contribution < 1.29 is 9.90 Å². The molecule has 1 aromatic heterocycles. The maximum Gasteiger partial charge on any atom is 0.315 e. The van der Waals surface area contributed by atoms with Gasteiger partial charge in [-0.25, -0.2) is 4.79 Å². The highest BCUT2D eigenvalue weighted by Gasteiger charge is 2.39. The van der Waals surface area contributed by atoms with Crippen molar-refractivity contribution in [3.8, 4) is 5.75 Å². The molecule has 1 heterocycles. The highest BCUT2D eigenvalue weighted by Crippen LogP contribution is 2.34. The van der Waals surface area contributed by atoms with Crippen LogP contribution in [0.3, 0.4) is 0 Å². The van der Waals surface area contributed by atoms with E-state index in [9.17, 15) is 9.90 Å².